The van der Waals surface area contributed by atoms with Crippen LogP contribution in [0.2, 0.25) is 5.15 Å². The third-order valence-corrected chi connectivity index (χ3v) is 3.52. The molecule has 0 saturated carbocycles. The monoisotopic (exact) mass is 267 g/mol. The highest BCUT2D eigenvalue weighted by molar-refractivity contribution is 6.32. The van der Waals surface area contributed by atoms with E-state index < -0.39 is 0 Å². The first-order valence-corrected chi connectivity index (χ1v) is 6.27. The first-order valence-electron chi connectivity index (χ1n) is 5.89. The zero-order chi connectivity index (χ0) is 12.5. The fourth-order valence-electron chi connectivity index (χ4n) is 2.45. The van der Waals surface area contributed by atoms with E-state index in [4.69, 9.17) is 21.1 Å². The summed E-state index contributed by atoms with van der Waals surface area (Å²) in [6.07, 6.45) is 5.46. The maximum Gasteiger partial charge on any atom is 0.156 e. The van der Waals surface area contributed by atoms with Gasteiger partial charge in [-0.25, -0.2) is 9.50 Å². The molecule has 0 N–H and O–H groups in total. The minimum absolute atomic E-state index is 0.214. The van der Waals surface area contributed by atoms with Crippen molar-refractivity contribution >= 4 is 17.1 Å². The fourth-order valence-corrected chi connectivity index (χ4v) is 2.69. The maximum absolute atomic E-state index is 6.12. The Morgan fingerprint density at radius 2 is 2.33 bits per heavy atom. The van der Waals surface area contributed by atoms with Gasteiger partial charge in [-0.3, -0.25) is 0 Å². The third kappa shape index (κ3) is 1.98. The van der Waals surface area contributed by atoms with Crippen molar-refractivity contribution in [1.29, 1.82) is 0 Å². The molecular weight excluding hydrogens is 254 g/mol. The van der Waals surface area contributed by atoms with Gasteiger partial charge >= 0.3 is 0 Å². The number of ether oxygens (including phenoxy) is 2. The molecule has 1 aliphatic carbocycles. The summed E-state index contributed by atoms with van der Waals surface area (Å²) in [7, 11) is 1.67. The highest BCUT2D eigenvalue weighted by Gasteiger charge is 2.27. The van der Waals surface area contributed by atoms with Crippen LogP contribution in [0.3, 0.4) is 0 Å². The molecule has 18 heavy (non-hydrogen) atoms. The summed E-state index contributed by atoms with van der Waals surface area (Å²) in [4.78, 5) is 4.03. The Hall–Kier alpha value is -1.17. The van der Waals surface area contributed by atoms with Gasteiger partial charge in [0, 0.05) is 26.1 Å². The molecule has 0 saturated heterocycles. The highest BCUT2D eigenvalue weighted by atomic mass is 35.5. The normalized spacial score (nSPS) is 18.4. The van der Waals surface area contributed by atoms with E-state index in [1.54, 1.807) is 11.6 Å². The Bertz CT molecular complexity index is 570. The van der Waals surface area contributed by atoms with Gasteiger partial charge < -0.3 is 9.47 Å². The second-order valence-corrected chi connectivity index (χ2v) is 4.73. The van der Waals surface area contributed by atoms with E-state index in [-0.39, 0.29) is 6.10 Å². The van der Waals surface area contributed by atoms with Crippen LogP contribution in [-0.2, 0) is 22.3 Å². The number of hydrogen-bond acceptors (Lipinski definition) is 4. The molecule has 0 amide bonds. The van der Waals surface area contributed by atoms with Crippen molar-refractivity contribution < 1.29 is 9.47 Å². The van der Waals surface area contributed by atoms with E-state index in [1.165, 1.54) is 17.5 Å². The molecule has 1 unspecified atom stereocenters. The number of fused-ring (bicyclic) bond motifs is 3. The molecule has 0 aromatic carbocycles. The first kappa shape index (κ1) is 11.9. The minimum Gasteiger partial charge on any atom is -0.382 e. The van der Waals surface area contributed by atoms with E-state index >= 15 is 0 Å². The summed E-state index contributed by atoms with van der Waals surface area (Å²) < 4.78 is 12.5. The minimum atomic E-state index is 0.214. The number of rotatable bonds is 4. The van der Waals surface area contributed by atoms with Crippen LogP contribution >= 0.6 is 11.6 Å². The zero-order valence-corrected chi connectivity index (χ0v) is 10.9. The van der Waals surface area contributed by atoms with Crippen molar-refractivity contribution in [2.45, 2.75) is 18.9 Å². The molecular formula is C12H14ClN3O2. The Morgan fingerprint density at radius 1 is 1.44 bits per heavy atom. The molecule has 2 aromatic rings. The average Bonchev–Trinajstić information content (AvgIpc) is 2.86. The first-order chi connectivity index (χ1) is 8.79. The van der Waals surface area contributed by atoms with Crippen molar-refractivity contribution in [3.63, 3.8) is 0 Å². The summed E-state index contributed by atoms with van der Waals surface area (Å²) in [6.45, 7) is 1.25. The lowest BCUT2D eigenvalue weighted by atomic mass is 10.2. The third-order valence-electron chi connectivity index (χ3n) is 3.24. The summed E-state index contributed by atoms with van der Waals surface area (Å²) in [5.74, 6) is 0. The number of hydrogen-bond donors (Lipinski definition) is 0. The lowest BCUT2D eigenvalue weighted by molar-refractivity contribution is 0.0226. The van der Waals surface area contributed by atoms with Crippen molar-refractivity contribution in [3.8, 4) is 0 Å². The summed E-state index contributed by atoms with van der Waals surface area (Å²) in [6, 6.07) is 0. The topological polar surface area (TPSA) is 48.7 Å². The summed E-state index contributed by atoms with van der Waals surface area (Å²) >= 11 is 6.12. The zero-order valence-electron chi connectivity index (χ0n) is 10.1. The molecule has 0 radical (unpaired) electrons. The Kier molecular flexibility index (Phi) is 3.20. The Morgan fingerprint density at radius 3 is 3.17 bits per heavy atom. The molecule has 0 spiro atoms. The maximum atomic E-state index is 6.12. The lowest BCUT2D eigenvalue weighted by Crippen LogP contribution is -2.16. The van der Waals surface area contributed by atoms with Crippen molar-refractivity contribution in [1.82, 2.24) is 14.6 Å². The molecule has 1 aliphatic rings. The number of aromatic nitrogens is 3. The largest absolute Gasteiger partial charge is 0.382 e. The molecule has 6 heteroatoms. The molecule has 2 heterocycles. The Labute approximate surface area is 110 Å². The van der Waals surface area contributed by atoms with Crippen LogP contribution in [0, 0.1) is 0 Å². The van der Waals surface area contributed by atoms with Gasteiger partial charge in [0.2, 0.25) is 0 Å². The lowest BCUT2D eigenvalue weighted by Gasteiger charge is -2.11. The standard InChI is InChI=1S/C12H14ClN3O2/c1-17-2-3-18-9-4-8-6-16-11(10(8)5-9)12(13)14-7-15-16/h6-7,9H,2-5H2,1H3. The average molecular weight is 268 g/mol. The van der Waals surface area contributed by atoms with Gasteiger partial charge in [-0.05, 0) is 11.1 Å². The molecule has 0 bridgehead atoms. The molecule has 5 nitrogen and oxygen atoms in total. The Balaban J connectivity index is 1.82. The van der Waals surface area contributed by atoms with Crippen LogP contribution in [0.25, 0.3) is 5.52 Å². The van der Waals surface area contributed by atoms with Gasteiger partial charge in [-0.15, -0.1) is 0 Å². The van der Waals surface area contributed by atoms with Crippen LogP contribution in [0.15, 0.2) is 12.5 Å². The summed E-state index contributed by atoms with van der Waals surface area (Å²) in [5.41, 5.74) is 3.37. The van der Waals surface area contributed by atoms with Crippen molar-refractivity contribution in [2.24, 2.45) is 0 Å². The number of methoxy groups -OCH3 is 1. The summed E-state index contributed by atoms with van der Waals surface area (Å²) in [5, 5.41) is 4.67. The van der Waals surface area contributed by atoms with Crippen molar-refractivity contribution in [2.75, 3.05) is 20.3 Å². The number of halogens is 1. The predicted molar refractivity (Wildman–Crippen MR) is 67.0 cm³/mol. The molecule has 3 rings (SSSR count). The molecule has 0 aliphatic heterocycles. The van der Waals surface area contributed by atoms with E-state index in [1.807, 2.05) is 6.20 Å². The van der Waals surface area contributed by atoms with E-state index in [2.05, 4.69) is 10.1 Å². The van der Waals surface area contributed by atoms with Gasteiger partial charge in [0.15, 0.2) is 5.15 Å². The van der Waals surface area contributed by atoms with Gasteiger partial charge in [0.05, 0.1) is 19.3 Å². The number of nitrogens with zero attached hydrogens (tertiary/aromatic N) is 3. The van der Waals surface area contributed by atoms with Crippen LogP contribution in [0.5, 0.6) is 0 Å². The van der Waals surface area contributed by atoms with Gasteiger partial charge in [0.1, 0.15) is 11.8 Å². The highest BCUT2D eigenvalue weighted by Crippen LogP contribution is 2.31. The smallest absolute Gasteiger partial charge is 0.156 e. The van der Waals surface area contributed by atoms with E-state index in [0.717, 1.165) is 18.4 Å². The molecule has 2 aromatic heterocycles. The quantitative estimate of drug-likeness (QED) is 0.788. The van der Waals surface area contributed by atoms with Gasteiger partial charge in [-0.2, -0.15) is 5.10 Å². The second-order valence-electron chi connectivity index (χ2n) is 4.37. The molecule has 0 fully saturated rings. The van der Waals surface area contributed by atoms with E-state index in [0.29, 0.717) is 18.4 Å². The van der Waals surface area contributed by atoms with Crippen LogP contribution in [-0.4, -0.2) is 41.0 Å². The molecule has 96 valence electrons. The van der Waals surface area contributed by atoms with Crippen LogP contribution in [0.4, 0.5) is 0 Å². The SMILES string of the molecule is COCCOC1Cc2cn3ncnc(Cl)c3c2C1. The van der Waals surface area contributed by atoms with Crippen LogP contribution in [0.1, 0.15) is 11.1 Å². The van der Waals surface area contributed by atoms with Crippen molar-refractivity contribution in [3.05, 3.63) is 28.8 Å². The van der Waals surface area contributed by atoms with E-state index in [9.17, 15) is 0 Å². The van der Waals surface area contributed by atoms with Crippen LogP contribution < -0.4 is 0 Å². The fraction of sp³-hybridized carbons (Fsp3) is 0.500. The second kappa shape index (κ2) is 4.84. The van der Waals surface area contributed by atoms with Gasteiger partial charge in [0.25, 0.3) is 0 Å². The predicted octanol–water partition coefficient (Wildman–Crippen LogP) is 1.51. The van der Waals surface area contributed by atoms with Gasteiger partial charge in [-0.1, -0.05) is 11.6 Å². The molecule has 1 atom stereocenters.